The number of β-amino-alcohol motifs (C(OH)–C–C–N with tert-alkyl or cyclic N) is 1. The quantitative estimate of drug-likeness (QED) is 0.772. The van der Waals surface area contributed by atoms with Crippen LogP contribution in [0.4, 0.5) is 18.9 Å². The molecule has 2 fully saturated rings. The molecule has 31 heavy (non-hydrogen) atoms. The molecule has 0 spiro atoms. The molecule has 3 heterocycles. The minimum absolute atomic E-state index is 0.0590. The second kappa shape index (κ2) is 8.27. The van der Waals surface area contributed by atoms with E-state index in [4.69, 9.17) is 0 Å². The first kappa shape index (κ1) is 21.8. The van der Waals surface area contributed by atoms with Gasteiger partial charge in [0, 0.05) is 49.5 Å². The van der Waals surface area contributed by atoms with E-state index >= 15 is 0 Å². The minimum atomic E-state index is -4.47. The monoisotopic (exact) mass is 436 g/mol. The van der Waals surface area contributed by atoms with Gasteiger partial charge in [-0.15, -0.1) is 0 Å². The number of carbonyl (C=O) groups is 1. The maximum atomic E-state index is 13.4. The van der Waals surface area contributed by atoms with Gasteiger partial charge in [0.05, 0.1) is 23.2 Å². The molecule has 0 aliphatic carbocycles. The van der Waals surface area contributed by atoms with E-state index in [1.54, 1.807) is 12.1 Å². The van der Waals surface area contributed by atoms with Crippen molar-refractivity contribution < 1.29 is 23.1 Å². The summed E-state index contributed by atoms with van der Waals surface area (Å²) >= 11 is 0. The number of amides is 1. The Kier molecular flexibility index (Phi) is 5.83. The Morgan fingerprint density at radius 1 is 1.23 bits per heavy atom. The summed E-state index contributed by atoms with van der Waals surface area (Å²) in [6.07, 6.45) is -2.68. The molecule has 6 nitrogen and oxygen atoms in total. The van der Waals surface area contributed by atoms with Gasteiger partial charge in [0.1, 0.15) is 0 Å². The van der Waals surface area contributed by atoms with E-state index in [-0.39, 0.29) is 35.5 Å². The topological polar surface area (TPSA) is 68.7 Å². The Morgan fingerprint density at radius 3 is 2.65 bits per heavy atom. The second-order valence-corrected chi connectivity index (χ2v) is 8.76. The largest absolute Gasteiger partial charge is 0.418 e. The molecule has 168 valence electrons. The number of aliphatic hydroxyl groups is 1. The molecule has 1 aromatic carbocycles. The minimum Gasteiger partial charge on any atom is -0.390 e. The lowest BCUT2D eigenvalue weighted by Crippen LogP contribution is -2.60. The van der Waals surface area contributed by atoms with Crippen LogP contribution in [0.3, 0.4) is 0 Å². The van der Waals surface area contributed by atoms with Crippen molar-refractivity contribution in [3.63, 3.8) is 0 Å². The van der Waals surface area contributed by atoms with E-state index in [0.29, 0.717) is 37.3 Å². The summed E-state index contributed by atoms with van der Waals surface area (Å²) in [5.41, 5.74) is -0.107. The Hall–Kier alpha value is -2.39. The maximum Gasteiger partial charge on any atom is 0.418 e. The van der Waals surface area contributed by atoms with Gasteiger partial charge in [-0.25, -0.2) is 0 Å². The molecule has 0 bridgehead atoms. The van der Waals surface area contributed by atoms with Crippen LogP contribution in [0.15, 0.2) is 30.5 Å². The maximum absolute atomic E-state index is 13.4. The van der Waals surface area contributed by atoms with Crippen molar-refractivity contribution in [1.82, 2.24) is 15.2 Å². The lowest BCUT2D eigenvalue weighted by atomic mass is 9.94. The number of alkyl halides is 3. The molecule has 3 atom stereocenters. The van der Waals surface area contributed by atoms with E-state index < -0.39 is 11.7 Å². The number of likely N-dealkylation sites (tertiary alicyclic amines) is 1. The van der Waals surface area contributed by atoms with Gasteiger partial charge >= 0.3 is 6.18 Å². The van der Waals surface area contributed by atoms with Crippen molar-refractivity contribution in [3.05, 3.63) is 36.0 Å². The summed E-state index contributed by atoms with van der Waals surface area (Å²) in [6.45, 7) is 6.08. The highest BCUT2D eigenvalue weighted by Crippen LogP contribution is 2.38. The van der Waals surface area contributed by atoms with Crippen LogP contribution >= 0.6 is 0 Å². The summed E-state index contributed by atoms with van der Waals surface area (Å²) in [5.74, 6) is 0.166. The number of piperidine rings is 1. The van der Waals surface area contributed by atoms with Crippen LogP contribution in [0.2, 0.25) is 0 Å². The highest BCUT2D eigenvalue weighted by Gasteiger charge is 2.36. The zero-order valence-corrected chi connectivity index (χ0v) is 17.6. The average Bonchev–Trinajstić information content (AvgIpc) is 2.68. The lowest BCUT2D eigenvalue weighted by molar-refractivity contribution is -0.136. The molecule has 2 N–H and O–H groups in total. The number of aliphatic hydroxyl groups excluding tert-OH is 1. The van der Waals surface area contributed by atoms with Crippen molar-refractivity contribution in [1.29, 1.82) is 0 Å². The first-order valence-electron chi connectivity index (χ1n) is 10.6. The van der Waals surface area contributed by atoms with Crippen LogP contribution in [-0.2, 0) is 11.0 Å². The number of nitrogens with zero attached hydrogens (tertiary/aromatic N) is 3. The number of rotatable bonds is 4. The molecular weight excluding hydrogens is 409 g/mol. The molecule has 4 rings (SSSR count). The number of hydrogen-bond donors (Lipinski definition) is 2. The predicted molar refractivity (Wildman–Crippen MR) is 112 cm³/mol. The predicted octanol–water partition coefficient (Wildman–Crippen LogP) is 2.65. The van der Waals surface area contributed by atoms with Crippen LogP contribution in [0, 0.1) is 5.92 Å². The molecule has 2 saturated heterocycles. The number of carbonyl (C=O) groups excluding carboxylic acids is 1. The Bertz CT molecular complexity index is 961. The Labute approximate surface area is 179 Å². The molecule has 0 radical (unpaired) electrons. The van der Waals surface area contributed by atoms with E-state index in [1.165, 1.54) is 12.3 Å². The normalized spacial score (nSPS) is 24.1. The van der Waals surface area contributed by atoms with Crippen LogP contribution in [0.5, 0.6) is 0 Å². The SMILES string of the molecule is CC1CC(NC(=O)C(C)N2CC(O)C2)CN(c2ccc(C(F)(F)F)c3ncccc23)C1. The lowest BCUT2D eigenvalue weighted by Gasteiger charge is -2.42. The van der Waals surface area contributed by atoms with Crippen molar-refractivity contribution in [2.45, 2.75) is 44.6 Å². The third-order valence-electron chi connectivity index (χ3n) is 6.22. The van der Waals surface area contributed by atoms with Crippen LogP contribution in [-0.4, -0.2) is 65.3 Å². The molecular formula is C22H27F3N4O2. The summed E-state index contributed by atoms with van der Waals surface area (Å²) in [7, 11) is 0. The van der Waals surface area contributed by atoms with Gasteiger partial charge in [-0.2, -0.15) is 13.2 Å². The number of hydrogen-bond acceptors (Lipinski definition) is 5. The molecule has 3 unspecified atom stereocenters. The molecule has 2 aromatic rings. The van der Waals surface area contributed by atoms with Crippen LogP contribution in [0.1, 0.15) is 25.8 Å². The fourth-order valence-electron chi connectivity index (χ4n) is 4.61. The van der Waals surface area contributed by atoms with E-state index in [9.17, 15) is 23.1 Å². The van der Waals surface area contributed by atoms with Gasteiger partial charge < -0.3 is 15.3 Å². The molecule has 1 amide bonds. The molecule has 2 aliphatic rings. The van der Waals surface area contributed by atoms with Crippen molar-refractivity contribution in [2.75, 3.05) is 31.1 Å². The smallest absolute Gasteiger partial charge is 0.390 e. The van der Waals surface area contributed by atoms with E-state index in [1.807, 2.05) is 16.7 Å². The second-order valence-electron chi connectivity index (χ2n) is 8.76. The number of aromatic nitrogens is 1. The molecule has 0 saturated carbocycles. The number of pyridine rings is 1. The molecule has 1 aromatic heterocycles. The van der Waals surface area contributed by atoms with E-state index in [0.717, 1.165) is 12.5 Å². The summed E-state index contributed by atoms with van der Waals surface area (Å²) in [5, 5.41) is 13.0. The fourth-order valence-corrected chi connectivity index (χ4v) is 4.61. The van der Waals surface area contributed by atoms with Crippen molar-refractivity contribution >= 4 is 22.5 Å². The number of fused-ring (bicyclic) bond motifs is 1. The van der Waals surface area contributed by atoms with Gasteiger partial charge in [-0.1, -0.05) is 6.92 Å². The third-order valence-corrected chi connectivity index (χ3v) is 6.22. The van der Waals surface area contributed by atoms with Gasteiger partial charge in [0.25, 0.3) is 0 Å². The summed E-state index contributed by atoms with van der Waals surface area (Å²) < 4.78 is 40.3. The third kappa shape index (κ3) is 4.48. The first-order chi connectivity index (χ1) is 14.6. The molecule has 2 aliphatic heterocycles. The average molecular weight is 436 g/mol. The summed E-state index contributed by atoms with van der Waals surface area (Å²) in [6, 6.07) is 5.46. The highest BCUT2D eigenvalue weighted by molar-refractivity contribution is 5.94. The van der Waals surface area contributed by atoms with Gasteiger partial charge in [-0.05, 0) is 43.5 Å². The fraction of sp³-hybridized carbons (Fsp3) is 0.545. The number of halogens is 3. The zero-order chi connectivity index (χ0) is 22.3. The number of anilines is 1. The number of nitrogens with one attached hydrogen (secondary N) is 1. The van der Waals surface area contributed by atoms with Crippen LogP contribution < -0.4 is 10.2 Å². The first-order valence-corrected chi connectivity index (χ1v) is 10.6. The standard InChI is InChI=1S/C22H27F3N4O2/c1-13-8-15(27-21(31)14(2)28-11-16(30)12-28)10-29(9-13)19-6-5-18(22(23,24)25)20-17(19)4-3-7-26-20/h3-7,13-16,30H,8-12H2,1-2H3,(H,27,31). The Morgan fingerprint density at radius 2 is 1.97 bits per heavy atom. The number of benzene rings is 1. The Balaban J connectivity index is 1.55. The van der Waals surface area contributed by atoms with Crippen molar-refractivity contribution in [2.24, 2.45) is 5.92 Å². The van der Waals surface area contributed by atoms with Gasteiger partial charge in [0.2, 0.25) is 5.91 Å². The highest BCUT2D eigenvalue weighted by atomic mass is 19.4. The van der Waals surface area contributed by atoms with Gasteiger partial charge in [-0.3, -0.25) is 14.7 Å². The molecule has 9 heteroatoms. The van der Waals surface area contributed by atoms with E-state index in [2.05, 4.69) is 17.2 Å². The van der Waals surface area contributed by atoms with Crippen molar-refractivity contribution in [3.8, 4) is 0 Å². The van der Waals surface area contributed by atoms with Crippen LogP contribution in [0.25, 0.3) is 10.9 Å². The summed E-state index contributed by atoms with van der Waals surface area (Å²) in [4.78, 5) is 20.7. The zero-order valence-electron chi connectivity index (χ0n) is 17.6. The van der Waals surface area contributed by atoms with Gasteiger partial charge in [0.15, 0.2) is 0 Å².